The number of ketones is 1. The van der Waals surface area contributed by atoms with Crippen molar-refractivity contribution in [3.63, 3.8) is 0 Å². The van der Waals surface area contributed by atoms with Gasteiger partial charge in [-0.2, -0.15) is 0 Å². The van der Waals surface area contributed by atoms with Crippen LogP contribution in [-0.2, 0) is 0 Å². The number of allylic oxidation sites excluding steroid dienone is 2. The second-order valence-corrected chi connectivity index (χ2v) is 3.88. The molecule has 0 saturated carbocycles. The number of halogens is 1. The summed E-state index contributed by atoms with van der Waals surface area (Å²) in [4.78, 5) is 11.6. The predicted molar refractivity (Wildman–Crippen MR) is 59.9 cm³/mol. The minimum Gasteiger partial charge on any atom is -0.453 e. The van der Waals surface area contributed by atoms with Crippen molar-refractivity contribution in [1.29, 1.82) is 0 Å². The lowest BCUT2D eigenvalue weighted by Crippen LogP contribution is -1.91. The van der Waals surface area contributed by atoms with Gasteiger partial charge in [0.15, 0.2) is 5.76 Å². The Morgan fingerprint density at radius 3 is 2.75 bits per heavy atom. The molecule has 0 aliphatic rings. The molecule has 0 unspecified atom stereocenters. The summed E-state index contributed by atoms with van der Waals surface area (Å²) in [6.07, 6.45) is 1.49. The molecule has 0 saturated heterocycles. The zero-order valence-corrected chi connectivity index (χ0v) is 9.08. The Labute approximate surface area is 92.4 Å². The molecule has 2 rings (SSSR count). The van der Waals surface area contributed by atoms with Crippen LogP contribution in [0.1, 0.15) is 24.4 Å². The van der Waals surface area contributed by atoms with Crippen molar-refractivity contribution in [3.8, 4) is 0 Å². The van der Waals surface area contributed by atoms with E-state index in [1.165, 1.54) is 24.3 Å². The van der Waals surface area contributed by atoms with Gasteiger partial charge in [-0.3, -0.25) is 4.79 Å². The summed E-state index contributed by atoms with van der Waals surface area (Å²) in [5, 5.41) is 0.602. The standard InChI is InChI=1S/C13H11FO2/c1-8(2)5-11(15)13-7-9-6-10(14)3-4-12(9)16-13/h3-7H,1-2H3. The van der Waals surface area contributed by atoms with Crippen molar-refractivity contribution in [2.75, 3.05) is 0 Å². The summed E-state index contributed by atoms with van der Waals surface area (Å²) in [6, 6.07) is 5.73. The third-order valence-electron chi connectivity index (χ3n) is 2.14. The minimum atomic E-state index is -0.338. The van der Waals surface area contributed by atoms with Gasteiger partial charge in [-0.05, 0) is 44.2 Å². The lowest BCUT2D eigenvalue weighted by atomic mass is 10.2. The van der Waals surface area contributed by atoms with Gasteiger partial charge in [0, 0.05) is 5.39 Å². The van der Waals surface area contributed by atoms with Crippen molar-refractivity contribution in [1.82, 2.24) is 0 Å². The van der Waals surface area contributed by atoms with Gasteiger partial charge in [0.05, 0.1) is 0 Å². The molecule has 0 amide bonds. The fourth-order valence-electron chi connectivity index (χ4n) is 1.47. The van der Waals surface area contributed by atoms with Gasteiger partial charge in [-0.25, -0.2) is 4.39 Å². The first-order chi connectivity index (χ1) is 7.56. The van der Waals surface area contributed by atoms with Crippen LogP contribution >= 0.6 is 0 Å². The number of fused-ring (bicyclic) bond motifs is 1. The van der Waals surface area contributed by atoms with Crippen LogP contribution in [0.3, 0.4) is 0 Å². The molecule has 0 radical (unpaired) electrons. The van der Waals surface area contributed by atoms with Crippen molar-refractivity contribution in [3.05, 3.63) is 47.5 Å². The molecule has 0 aliphatic carbocycles. The number of hydrogen-bond donors (Lipinski definition) is 0. The number of carbonyl (C=O) groups is 1. The minimum absolute atomic E-state index is 0.198. The molecule has 0 aliphatic heterocycles. The van der Waals surface area contributed by atoms with E-state index < -0.39 is 0 Å². The van der Waals surface area contributed by atoms with Crippen molar-refractivity contribution < 1.29 is 13.6 Å². The predicted octanol–water partition coefficient (Wildman–Crippen LogP) is 3.72. The van der Waals surface area contributed by atoms with Gasteiger partial charge in [0.25, 0.3) is 0 Å². The molecule has 0 atom stereocenters. The smallest absolute Gasteiger partial charge is 0.220 e. The van der Waals surface area contributed by atoms with E-state index in [0.717, 1.165) is 5.57 Å². The summed E-state index contributed by atoms with van der Waals surface area (Å²) in [7, 11) is 0. The summed E-state index contributed by atoms with van der Waals surface area (Å²) in [6.45, 7) is 3.67. The fraction of sp³-hybridized carbons (Fsp3) is 0.154. The summed E-state index contributed by atoms with van der Waals surface area (Å²) < 4.78 is 18.2. The Morgan fingerprint density at radius 2 is 2.06 bits per heavy atom. The third kappa shape index (κ3) is 2.03. The SMILES string of the molecule is CC(C)=CC(=O)c1cc2cc(F)ccc2o1. The summed E-state index contributed by atoms with van der Waals surface area (Å²) >= 11 is 0. The van der Waals surface area contributed by atoms with Crippen LogP contribution in [0.25, 0.3) is 11.0 Å². The summed E-state index contributed by atoms with van der Waals surface area (Å²) in [5.41, 5.74) is 1.42. The highest BCUT2D eigenvalue weighted by Crippen LogP contribution is 2.21. The average Bonchev–Trinajstić information content (AvgIpc) is 2.59. The van der Waals surface area contributed by atoms with E-state index in [2.05, 4.69) is 0 Å². The Hall–Kier alpha value is -1.90. The number of rotatable bonds is 2. The van der Waals surface area contributed by atoms with Crippen LogP contribution in [0.5, 0.6) is 0 Å². The molecule has 0 N–H and O–H groups in total. The monoisotopic (exact) mass is 218 g/mol. The van der Waals surface area contributed by atoms with Gasteiger partial charge in [-0.15, -0.1) is 0 Å². The van der Waals surface area contributed by atoms with Crippen LogP contribution < -0.4 is 0 Å². The van der Waals surface area contributed by atoms with Crippen molar-refractivity contribution in [2.24, 2.45) is 0 Å². The number of carbonyl (C=O) groups excluding carboxylic acids is 1. The highest BCUT2D eigenvalue weighted by Gasteiger charge is 2.10. The lowest BCUT2D eigenvalue weighted by molar-refractivity contribution is 0.102. The number of hydrogen-bond acceptors (Lipinski definition) is 2. The second-order valence-electron chi connectivity index (χ2n) is 3.88. The second kappa shape index (κ2) is 3.93. The highest BCUT2D eigenvalue weighted by atomic mass is 19.1. The molecule has 1 aromatic carbocycles. The van der Waals surface area contributed by atoms with Crippen LogP contribution in [0, 0.1) is 5.82 Å². The van der Waals surface area contributed by atoms with Gasteiger partial charge in [0.2, 0.25) is 5.78 Å². The van der Waals surface area contributed by atoms with Gasteiger partial charge in [0.1, 0.15) is 11.4 Å². The third-order valence-corrected chi connectivity index (χ3v) is 2.14. The maximum Gasteiger partial charge on any atom is 0.220 e. The number of benzene rings is 1. The number of furan rings is 1. The first kappa shape index (κ1) is 10.6. The van der Waals surface area contributed by atoms with E-state index in [9.17, 15) is 9.18 Å². The Balaban J connectivity index is 2.47. The molecular weight excluding hydrogens is 207 g/mol. The van der Waals surface area contributed by atoms with Gasteiger partial charge in [-0.1, -0.05) is 5.57 Å². The quantitative estimate of drug-likeness (QED) is 0.568. The Morgan fingerprint density at radius 1 is 1.31 bits per heavy atom. The van der Waals surface area contributed by atoms with Crippen LogP contribution in [0.4, 0.5) is 4.39 Å². The van der Waals surface area contributed by atoms with Crippen molar-refractivity contribution >= 4 is 16.8 Å². The average molecular weight is 218 g/mol. The van der Waals surface area contributed by atoms with Crippen molar-refractivity contribution in [2.45, 2.75) is 13.8 Å². The largest absolute Gasteiger partial charge is 0.453 e. The van der Waals surface area contributed by atoms with E-state index in [0.29, 0.717) is 11.0 Å². The molecule has 0 spiro atoms. The molecule has 0 bridgehead atoms. The Kier molecular flexibility index (Phi) is 2.60. The van der Waals surface area contributed by atoms with E-state index in [1.807, 2.05) is 13.8 Å². The normalized spacial score (nSPS) is 10.4. The topological polar surface area (TPSA) is 30.2 Å². The highest BCUT2D eigenvalue weighted by molar-refractivity contribution is 6.05. The molecule has 16 heavy (non-hydrogen) atoms. The zero-order valence-electron chi connectivity index (χ0n) is 9.08. The molecule has 2 nitrogen and oxygen atoms in total. The first-order valence-electron chi connectivity index (χ1n) is 4.94. The van der Waals surface area contributed by atoms with Crippen LogP contribution in [0.15, 0.2) is 40.3 Å². The molecule has 3 heteroatoms. The van der Waals surface area contributed by atoms with Crippen LogP contribution in [0.2, 0.25) is 0 Å². The molecule has 1 aromatic heterocycles. The van der Waals surface area contributed by atoms with Crippen LogP contribution in [-0.4, -0.2) is 5.78 Å². The molecule has 1 heterocycles. The molecule has 0 fully saturated rings. The van der Waals surface area contributed by atoms with E-state index in [-0.39, 0.29) is 17.4 Å². The first-order valence-corrected chi connectivity index (χ1v) is 4.94. The maximum absolute atomic E-state index is 12.9. The van der Waals surface area contributed by atoms with E-state index in [4.69, 9.17) is 4.42 Å². The molecule has 82 valence electrons. The summed E-state index contributed by atoms with van der Waals surface area (Å²) in [5.74, 6) is -0.298. The van der Waals surface area contributed by atoms with Gasteiger partial charge >= 0.3 is 0 Å². The Bertz CT molecular complexity index is 575. The molecular formula is C13H11FO2. The molecule has 2 aromatic rings. The fourth-order valence-corrected chi connectivity index (χ4v) is 1.47. The zero-order chi connectivity index (χ0) is 11.7. The maximum atomic E-state index is 12.9. The van der Waals surface area contributed by atoms with E-state index in [1.54, 1.807) is 6.07 Å². The lowest BCUT2D eigenvalue weighted by Gasteiger charge is -1.89. The van der Waals surface area contributed by atoms with Gasteiger partial charge < -0.3 is 4.42 Å². The van der Waals surface area contributed by atoms with E-state index >= 15 is 0 Å².